The van der Waals surface area contributed by atoms with Crippen LogP contribution in [0.15, 0.2) is 36.5 Å². The van der Waals surface area contributed by atoms with Crippen LogP contribution in [-0.4, -0.2) is 31.2 Å². The molecule has 1 saturated carbocycles. The van der Waals surface area contributed by atoms with E-state index >= 15 is 0 Å². The Kier molecular flexibility index (Phi) is 6.52. The normalized spacial score (nSPS) is 14.9. The maximum absolute atomic E-state index is 12.5. The number of aromatic nitrogens is 1. The highest BCUT2D eigenvalue weighted by molar-refractivity contribution is 6.04. The summed E-state index contributed by atoms with van der Waals surface area (Å²) in [5, 5.41) is 6.37. The van der Waals surface area contributed by atoms with Gasteiger partial charge in [0.25, 0.3) is 5.91 Å². The minimum atomic E-state index is -0.220. The Hall–Kier alpha value is -2.76. The smallest absolute Gasteiger partial charge is 0.255 e. The molecule has 0 unspecified atom stereocenters. The Bertz CT molecular complexity index is 754. The summed E-state index contributed by atoms with van der Waals surface area (Å²) in [6, 6.07) is 9.34. The van der Waals surface area contributed by atoms with E-state index in [1.807, 2.05) is 12.1 Å². The number of anilines is 2. The van der Waals surface area contributed by atoms with Gasteiger partial charge in [0, 0.05) is 11.6 Å². The third-order valence-corrected chi connectivity index (χ3v) is 4.87. The molecule has 27 heavy (non-hydrogen) atoms. The van der Waals surface area contributed by atoms with Gasteiger partial charge in [-0.25, -0.2) is 4.98 Å². The van der Waals surface area contributed by atoms with E-state index in [2.05, 4.69) is 15.6 Å². The number of benzene rings is 1. The lowest BCUT2D eigenvalue weighted by Crippen LogP contribution is -2.19. The molecule has 0 atom stereocenters. The molecule has 3 rings (SSSR count). The maximum atomic E-state index is 12.5. The first-order valence-corrected chi connectivity index (χ1v) is 9.45. The molecule has 1 amide bonds. The topological polar surface area (TPSA) is 72.5 Å². The second-order valence-corrected chi connectivity index (χ2v) is 6.79. The molecule has 1 fully saturated rings. The van der Waals surface area contributed by atoms with Gasteiger partial charge in [-0.2, -0.15) is 0 Å². The van der Waals surface area contributed by atoms with Gasteiger partial charge in [0.15, 0.2) is 11.5 Å². The molecular formula is C21H27N3O3. The van der Waals surface area contributed by atoms with Gasteiger partial charge in [-0.3, -0.25) is 4.79 Å². The lowest BCUT2D eigenvalue weighted by atomic mass is 10.1. The van der Waals surface area contributed by atoms with Crippen molar-refractivity contribution in [1.29, 1.82) is 0 Å². The van der Waals surface area contributed by atoms with Crippen molar-refractivity contribution in [3.63, 3.8) is 0 Å². The number of pyridine rings is 1. The van der Waals surface area contributed by atoms with Gasteiger partial charge in [-0.15, -0.1) is 0 Å². The molecule has 0 spiro atoms. The van der Waals surface area contributed by atoms with Crippen molar-refractivity contribution in [2.75, 3.05) is 24.9 Å². The van der Waals surface area contributed by atoms with Crippen molar-refractivity contribution in [2.24, 2.45) is 0 Å². The number of ether oxygens (including phenoxy) is 2. The summed E-state index contributed by atoms with van der Waals surface area (Å²) in [7, 11) is 3.11. The monoisotopic (exact) mass is 369 g/mol. The van der Waals surface area contributed by atoms with Gasteiger partial charge in [0.2, 0.25) is 0 Å². The number of carbonyl (C=O) groups excluding carboxylic acids is 1. The average Bonchev–Trinajstić information content (AvgIpc) is 2.97. The van der Waals surface area contributed by atoms with Crippen LogP contribution in [0.25, 0.3) is 0 Å². The molecule has 144 valence electrons. The number of hydrogen-bond donors (Lipinski definition) is 2. The molecule has 0 aliphatic heterocycles. The first-order valence-electron chi connectivity index (χ1n) is 9.45. The van der Waals surface area contributed by atoms with Crippen molar-refractivity contribution in [2.45, 2.75) is 44.6 Å². The van der Waals surface area contributed by atoms with E-state index in [0.717, 1.165) is 5.82 Å². The van der Waals surface area contributed by atoms with Crippen LogP contribution in [0.4, 0.5) is 11.5 Å². The fourth-order valence-electron chi connectivity index (χ4n) is 3.37. The molecule has 1 aromatic carbocycles. The Morgan fingerprint density at radius 2 is 1.74 bits per heavy atom. The van der Waals surface area contributed by atoms with Gasteiger partial charge >= 0.3 is 0 Å². The summed E-state index contributed by atoms with van der Waals surface area (Å²) in [6.45, 7) is 0. The van der Waals surface area contributed by atoms with Gasteiger partial charge in [0.1, 0.15) is 5.82 Å². The number of carbonyl (C=O) groups is 1. The molecule has 0 radical (unpaired) electrons. The largest absolute Gasteiger partial charge is 0.493 e. The third-order valence-electron chi connectivity index (χ3n) is 4.87. The van der Waals surface area contributed by atoms with E-state index in [1.54, 1.807) is 38.6 Å². The Morgan fingerprint density at radius 1 is 1.00 bits per heavy atom. The average molecular weight is 369 g/mol. The summed E-state index contributed by atoms with van der Waals surface area (Å²) in [6.07, 6.45) is 9.27. The van der Waals surface area contributed by atoms with Crippen LogP contribution in [0, 0.1) is 0 Å². The quantitative estimate of drug-likeness (QED) is 0.734. The first-order chi connectivity index (χ1) is 13.2. The summed E-state index contributed by atoms with van der Waals surface area (Å²) in [5.41, 5.74) is 1.15. The van der Waals surface area contributed by atoms with E-state index in [9.17, 15) is 4.79 Å². The van der Waals surface area contributed by atoms with Crippen LogP contribution in [0.2, 0.25) is 0 Å². The lowest BCUT2D eigenvalue weighted by Gasteiger charge is -2.17. The first kappa shape index (κ1) is 19.0. The molecule has 1 aliphatic rings. The van der Waals surface area contributed by atoms with Crippen LogP contribution in [0.1, 0.15) is 48.9 Å². The van der Waals surface area contributed by atoms with Crippen LogP contribution < -0.4 is 20.1 Å². The molecule has 1 aliphatic carbocycles. The van der Waals surface area contributed by atoms with Gasteiger partial charge in [-0.1, -0.05) is 25.7 Å². The fourth-order valence-corrected chi connectivity index (χ4v) is 3.37. The number of hydrogen-bond acceptors (Lipinski definition) is 5. The second kappa shape index (κ2) is 9.26. The second-order valence-electron chi connectivity index (χ2n) is 6.79. The number of nitrogens with zero attached hydrogens (tertiary/aromatic N) is 1. The minimum absolute atomic E-state index is 0.220. The Balaban J connectivity index is 1.61. The molecule has 2 aromatic rings. The van der Waals surface area contributed by atoms with Gasteiger partial charge in [0.05, 0.1) is 26.1 Å². The molecule has 1 heterocycles. The van der Waals surface area contributed by atoms with Crippen molar-refractivity contribution < 1.29 is 14.3 Å². The van der Waals surface area contributed by atoms with Crippen LogP contribution in [0.5, 0.6) is 11.5 Å². The molecule has 6 heteroatoms. The molecule has 0 saturated heterocycles. The highest BCUT2D eigenvalue weighted by atomic mass is 16.5. The molecule has 2 N–H and O–H groups in total. The van der Waals surface area contributed by atoms with E-state index < -0.39 is 0 Å². The zero-order valence-corrected chi connectivity index (χ0v) is 16.0. The zero-order chi connectivity index (χ0) is 19.1. The highest BCUT2D eigenvalue weighted by Gasteiger charge is 2.13. The van der Waals surface area contributed by atoms with Crippen LogP contribution in [-0.2, 0) is 0 Å². The summed E-state index contributed by atoms with van der Waals surface area (Å²) >= 11 is 0. The summed E-state index contributed by atoms with van der Waals surface area (Å²) in [4.78, 5) is 16.9. The predicted molar refractivity (Wildman–Crippen MR) is 107 cm³/mol. The summed E-state index contributed by atoms with van der Waals surface area (Å²) < 4.78 is 10.4. The number of methoxy groups -OCH3 is 2. The lowest BCUT2D eigenvalue weighted by molar-refractivity contribution is 0.102. The Morgan fingerprint density at radius 3 is 2.37 bits per heavy atom. The van der Waals surface area contributed by atoms with Crippen molar-refractivity contribution in [3.05, 3.63) is 42.1 Å². The number of amides is 1. The number of nitrogens with one attached hydrogen (secondary N) is 2. The van der Waals surface area contributed by atoms with Crippen molar-refractivity contribution in [3.8, 4) is 11.5 Å². The standard InChI is InChI=1S/C21H27N3O3/c1-26-18-11-9-15(13-19(18)27-2)21(25)24-17-10-12-20(22-14-17)23-16-7-5-3-4-6-8-16/h9-14,16H,3-8H2,1-2H3,(H,22,23)(H,24,25). The predicted octanol–water partition coefficient (Wildman–Crippen LogP) is 4.49. The van der Waals surface area contributed by atoms with Crippen LogP contribution >= 0.6 is 0 Å². The molecule has 6 nitrogen and oxygen atoms in total. The molecular weight excluding hydrogens is 342 g/mol. The highest BCUT2D eigenvalue weighted by Crippen LogP contribution is 2.28. The van der Waals surface area contributed by atoms with Crippen LogP contribution in [0.3, 0.4) is 0 Å². The van der Waals surface area contributed by atoms with Crippen molar-refractivity contribution in [1.82, 2.24) is 4.98 Å². The van der Waals surface area contributed by atoms with E-state index in [-0.39, 0.29) is 5.91 Å². The van der Waals surface area contributed by atoms with Crippen molar-refractivity contribution >= 4 is 17.4 Å². The summed E-state index contributed by atoms with van der Waals surface area (Å²) in [5.74, 6) is 1.74. The van der Waals surface area contributed by atoms with Gasteiger partial charge in [-0.05, 0) is 43.2 Å². The maximum Gasteiger partial charge on any atom is 0.255 e. The van der Waals surface area contributed by atoms with E-state index in [1.165, 1.54) is 38.5 Å². The van der Waals surface area contributed by atoms with Gasteiger partial charge < -0.3 is 20.1 Å². The molecule has 0 bridgehead atoms. The van der Waals surface area contributed by atoms with E-state index in [4.69, 9.17) is 9.47 Å². The van der Waals surface area contributed by atoms with E-state index in [0.29, 0.717) is 28.8 Å². The SMILES string of the molecule is COc1ccc(C(=O)Nc2ccc(NC3CCCCCC3)nc2)cc1OC. The minimum Gasteiger partial charge on any atom is -0.493 e. The third kappa shape index (κ3) is 5.12. The molecule has 1 aromatic heterocycles. The number of rotatable bonds is 6. The fraction of sp³-hybridized carbons (Fsp3) is 0.429. The Labute approximate surface area is 160 Å². The zero-order valence-electron chi connectivity index (χ0n) is 16.0.